The number of halogens is 1. The van der Waals surface area contributed by atoms with Gasteiger partial charge in [0.05, 0.1) is 25.1 Å². The lowest BCUT2D eigenvalue weighted by molar-refractivity contribution is -0.121. The van der Waals surface area contributed by atoms with Crippen LogP contribution < -0.4 is 10.1 Å². The Kier molecular flexibility index (Phi) is 6.75. The Morgan fingerprint density at radius 3 is 2.32 bits per heavy atom. The molecule has 0 saturated carbocycles. The highest BCUT2D eigenvalue weighted by atomic mass is 35.5. The van der Waals surface area contributed by atoms with E-state index >= 15 is 0 Å². The molecule has 1 aromatic heterocycles. The molecule has 0 spiro atoms. The van der Waals surface area contributed by atoms with Gasteiger partial charge < -0.3 is 10.1 Å². The van der Waals surface area contributed by atoms with E-state index < -0.39 is 0 Å². The molecule has 174 valence electrons. The molecule has 6 heteroatoms. The van der Waals surface area contributed by atoms with Crippen LogP contribution >= 0.6 is 11.6 Å². The molecule has 4 rings (SSSR count). The zero-order valence-electron chi connectivity index (χ0n) is 19.7. The fraction of sp³-hybridized carbons (Fsp3) is 0.214. The maximum Gasteiger partial charge on any atom is 0.262 e. The first-order valence-corrected chi connectivity index (χ1v) is 11.5. The van der Waals surface area contributed by atoms with Crippen LogP contribution in [-0.4, -0.2) is 23.5 Å². The SMILES string of the molecule is COc1ccc2c(c1)c(CC(=O)N[C@@H](C)c1ccc(C)cc1)c(C)n2C(=O)c1ccc(Cl)cc1. The van der Waals surface area contributed by atoms with Crippen LogP contribution in [0.15, 0.2) is 66.7 Å². The minimum absolute atomic E-state index is 0.114. The van der Waals surface area contributed by atoms with Crippen molar-refractivity contribution in [2.75, 3.05) is 7.11 Å². The first-order valence-electron chi connectivity index (χ1n) is 11.1. The molecule has 0 fully saturated rings. The number of carbonyl (C=O) groups excluding carboxylic acids is 2. The molecule has 34 heavy (non-hydrogen) atoms. The maximum absolute atomic E-state index is 13.4. The molecule has 0 aliphatic rings. The molecular weight excluding hydrogens is 448 g/mol. The number of carbonyl (C=O) groups is 2. The zero-order valence-corrected chi connectivity index (χ0v) is 20.4. The van der Waals surface area contributed by atoms with Crippen molar-refractivity contribution < 1.29 is 14.3 Å². The monoisotopic (exact) mass is 474 g/mol. The van der Waals surface area contributed by atoms with Gasteiger partial charge in [-0.15, -0.1) is 0 Å². The normalized spacial score (nSPS) is 11.9. The highest BCUT2D eigenvalue weighted by Gasteiger charge is 2.22. The minimum Gasteiger partial charge on any atom is -0.497 e. The number of hydrogen-bond donors (Lipinski definition) is 1. The van der Waals surface area contributed by atoms with Gasteiger partial charge in [-0.2, -0.15) is 0 Å². The van der Waals surface area contributed by atoms with Gasteiger partial charge in [0.2, 0.25) is 5.91 Å². The number of nitrogens with one attached hydrogen (secondary N) is 1. The van der Waals surface area contributed by atoms with Crippen molar-refractivity contribution in [2.45, 2.75) is 33.2 Å². The minimum atomic E-state index is -0.177. The van der Waals surface area contributed by atoms with Gasteiger partial charge in [0.25, 0.3) is 5.91 Å². The number of hydrogen-bond acceptors (Lipinski definition) is 3. The Morgan fingerprint density at radius 2 is 1.68 bits per heavy atom. The van der Waals surface area contributed by atoms with Crippen LogP contribution in [0.3, 0.4) is 0 Å². The summed E-state index contributed by atoms with van der Waals surface area (Å²) in [5.74, 6) is 0.374. The molecule has 1 heterocycles. The third-order valence-electron chi connectivity index (χ3n) is 6.13. The van der Waals surface area contributed by atoms with Gasteiger partial charge in [-0.3, -0.25) is 14.2 Å². The Bertz CT molecular complexity index is 1360. The first-order chi connectivity index (χ1) is 16.3. The average Bonchev–Trinajstić information content (AvgIpc) is 3.09. The second-order valence-corrected chi connectivity index (χ2v) is 8.91. The summed E-state index contributed by atoms with van der Waals surface area (Å²) in [7, 11) is 1.60. The molecule has 0 unspecified atom stereocenters. The van der Waals surface area contributed by atoms with E-state index in [1.807, 2.05) is 63.2 Å². The van der Waals surface area contributed by atoms with Crippen molar-refractivity contribution in [3.8, 4) is 5.75 Å². The molecular formula is C28H27ClN2O3. The van der Waals surface area contributed by atoms with Gasteiger partial charge in [-0.25, -0.2) is 0 Å². The number of methoxy groups -OCH3 is 1. The molecule has 0 aliphatic heterocycles. The predicted octanol–water partition coefficient (Wildman–Crippen LogP) is 6.03. The second-order valence-electron chi connectivity index (χ2n) is 8.47. The molecule has 1 amide bonds. The lowest BCUT2D eigenvalue weighted by Gasteiger charge is -2.15. The Morgan fingerprint density at radius 1 is 1.00 bits per heavy atom. The standard InChI is InChI=1S/C28H27ClN2O3/c1-17-5-7-20(8-6-17)18(2)30-27(32)16-24-19(3)31(26-14-13-23(34-4)15-25(24)26)28(33)21-9-11-22(29)12-10-21/h5-15,18H,16H2,1-4H3,(H,30,32)/t18-/m0/s1. The molecule has 0 saturated heterocycles. The van der Waals surface area contributed by atoms with E-state index in [9.17, 15) is 9.59 Å². The summed E-state index contributed by atoms with van der Waals surface area (Å²) in [6, 6.07) is 20.3. The lowest BCUT2D eigenvalue weighted by atomic mass is 10.0. The fourth-order valence-electron chi connectivity index (χ4n) is 4.19. The van der Waals surface area contributed by atoms with E-state index in [0.29, 0.717) is 16.3 Å². The summed E-state index contributed by atoms with van der Waals surface area (Å²) in [4.78, 5) is 26.5. The van der Waals surface area contributed by atoms with Gasteiger partial charge >= 0.3 is 0 Å². The van der Waals surface area contributed by atoms with E-state index in [-0.39, 0.29) is 24.3 Å². The van der Waals surface area contributed by atoms with Gasteiger partial charge in [-0.1, -0.05) is 41.4 Å². The molecule has 4 aromatic rings. The maximum atomic E-state index is 13.4. The largest absolute Gasteiger partial charge is 0.497 e. The van der Waals surface area contributed by atoms with Gasteiger partial charge in [0, 0.05) is 21.7 Å². The summed E-state index contributed by atoms with van der Waals surface area (Å²) in [5.41, 5.74) is 4.98. The van der Waals surface area contributed by atoms with E-state index in [1.165, 1.54) is 5.56 Å². The van der Waals surface area contributed by atoms with Crippen molar-refractivity contribution in [3.05, 3.63) is 99.7 Å². The molecule has 1 N–H and O–H groups in total. The summed E-state index contributed by atoms with van der Waals surface area (Å²) < 4.78 is 7.07. The van der Waals surface area contributed by atoms with Crippen molar-refractivity contribution in [2.24, 2.45) is 0 Å². The van der Waals surface area contributed by atoms with Crippen molar-refractivity contribution in [1.82, 2.24) is 9.88 Å². The van der Waals surface area contributed by atoms with E-state index in [0.717, 1.165) is 27.7 Å². The molecule has 5 nitrogen and oxygen atoms in total. The van der Waals surface area contributed by atoms with Crippen LogP contribution in [0.4, 0.5) is 0 Å². The van der Waals surface area contributed by atoms with Crippen LogP contribution in [0.5, 0.6) is 5.75 Å². The van der Waals surface area contributed by atoms with Gasteiger partial charge in [0.15, 0.2) is 0 Å². The number of aryl methyl sites for hydroxylation is 1. The molecule has 0 aliphatic carbocycles. The Balaban J connectivity index is 1.69. The Labute approximate surface area is 204 Å². The van der Waals surface area contributed by atoms with Crippen LogP contribution in [0.25, 0.3) is 10.9 Å². The number of rotatable bonds is 6. The highest BCUT2D eigenvalue weighted by molar-refractivity contribution is 6.30. The predicted molar refractivity (Wildman–Crippen MR) is 136 cm³/mol. The third kappa shape index (κ3) is 4.70. The summed E-state index contributed by atoms with van der Waals surface area (Å²) in [5, 5.41) is 4.46. The lowest BCUT2D eigenvalue weighted by Crippen LogP contribution is -2.28. The Hall–Kier alpha value is -3.57. The highest BCUT2D eigenvalue weighted by Crippen LogP contribution is 2.31. The van der Waals surface area contributed by atoms with Crippen LogP contribution in [0.2, 0.25) is 5.02 Å². The molecule has 3 aromatic carbocycles. The summed E-state index contributed by atoms with van der Waals surface area (Å²) in [6.45, 7) is 5.86. The van der Waals surface area contributed by atoms with Crippen LogP contribution in [0, 0.1) is 13.8 Å². The zero-order chi connectivity index (χ0) is 24.4. The molecule has 1 atom stereocenters. The number of aromatic nitrogens is 1. The number of ether oxygens (including phenoxy) is 1. The van der Waals surface area contributed by atoms with Gasteiger partial charge in [-0.05, 0) is 74.4 Å². The molecule has 0 bridgehead atoms. The van der Waals surface area contributed by atoms with E-state index in [4.69, 9.17) is 16.3 Å². The average molecular weight is 475 g/mol. The topological polar surface area (TPSA) is 60.3 Å². The summed E-state index contributed by atoms with van der Waals surface area (Å²) >= 11 is 6.00. The number of nitrogens with zero attached hydrogens (tertiary/aromatic N) is 1. The number of fused-ring (bicyclic) bond motifs is 1. The van der Waals surface area contributed by atoms with E-state index in [2.05, 4.69) is 5.32 Å². The van der Waals surface area contributed by atoms with Crippen molar-refractivity contribution in [3.63, 3.8) is 0 Å². The summed E-state index contributed by atoms with van der Waals surface area (Å²) in [6.07, 6.45) is 0.145. The first kappa shape index (κ1) is 23.6. The fourth-order valence-corrected chi connectivity index (χ4v) is 4.31. The smallest absolute Gasteiger partial charge is 0.262 e. The number of benzene rings is 3. The van der Waals surface area contributed by atoms with E-state index in [1.54, 1.807) is 35.9 Å². The second kappa shape index (κ2) is 9.74. The number of amides is 1. The van der Waals surface area contributed by atoms with Gasteiger partial charge in [0.1, 0.15) is 5.75 Å². The van der Waals surface area contributed by atoms with Crippen LogP contribution in [-0.2, 0) is 11.2 Å². The molecule has 0 radical (unpaired) electrons. The van der Waals surface area contributed by atoms with Crippen molar-refractivity contribution in [1.29, 1.82) is 0 Å². The van der Waals surface area contributed by atoms with Crippen LogP contribution in [0.1, 0.15) is 45.7 Å². The van der Waals surface area contributed by atoms with Crippen molar-refractivity contribution >= 4 is 34.3 Å². The quantitative estimate of drug-likeness (QED) is 0.371. The third-order valence-corrected chi connectivity index (χ3v) is 6.38.